The third-order valence-corrected chi connectivity index (χ3v) is 16.1. The number of phenols is 2. The molecule has 0 radical (unpaired) electrons. The summed E-state index contributed by atoms with van der Waals surface area (Å²) in [6, 6.07) is 19.7. The van der Waals surface area contributed by atoms with Crippen LogP contribution < -0.4 is 24.2 Å². The van der Waals surface area contributed by atoms with E-state index in [0.717, 1.165) is 68.1 Å². The number of carbonyl (C=O) groups excluding carboxylic acids is 2. The first-order valence-electron chi connectivity index (χ1n) is 25.7. The van der Waals surface area contributed by atoms with E-state index in [0.29, 0.717) is 67.9 Å². The zero-order chi connectivity index (χ0) is 53.6. The van der Waals surface area contributed by atoms with Crippen LogP contribution in [0, 0.1) is 11.7 Å². The first-order chi connectivity index (χ1) is 36.5. The van der Waals surface area contributed by atoms with E-state index in [1.165, 1.54) is 27.8 Å². The number of piperazine rings is 1. The molecule has 0 spiro atoms. The van der Waals surface area contributed by atoms with Gasteiger partial charge in [0.05, 0.1) is 47.2 Å². The van der Waals surface area contributed by atoms with E-state index in [4.69, 9.17) is 4.74 Å². The van der Waals surface area contributed by atoms with Crippen LogP contribution in [0.15, 0.2) is 79.0 Å². The number of rotatable bonds is 13. The van der Waals surface area contributed by atoms with Crippen LogP contribution in [-0.4, -0.2) is 153 Å². The van der Waals surface area contributed by atoms with Crippen LogP contribution >= 0.6 is 0 Å². The van der Waals surface area contributed by atoms with E-state index >= 15 is 4.39 Å². The topological polar surface area (TPSA) is 226 Å². The lowest BCUT2D eigenvalue weighted by molar-refractivity contribution is -0.138. The number of aromatic nitrogens is 5. The molecule has 3 fully saturated rings. The summed E-state index contributed by atoms with van der Waals surface area (Å²) >= 11 is 0. The third kappa shape index (κ3) is 10.3. The molecule has 0 unspecified atom stereocenters. The Balaban J connectivity index is 0.707. The number of para-hydroxylation sites is 1. The third-order valence-electron chi connectivity index (χ3n) is 15.1. The number of benzene rings is 4. The molecule has 10 rings (SSSR count). The molecule has 20 nitrogen and oxygen atoms in total. The summed E-state index contributed by atoms with van der Waals surface area (Å²) in [5.41, 5.74) is 3.79. The lowest BCUT2D eigenvalue weighted by Gasteiger charge is -2.43. The molecule has 0 saturated carbocycles. The van der Waals surface area contributed by atoms with E-state index in [1.807, 2.05) is 43.9 Å². The van der Waals surface area contributed by atoms with Crippen molar-refractivity contribution in [3.63, 3.8) is 0 Å². The number of nitrogens with zero attached hydrogens (tertiary/aromatic N) is 11. The molecule has 76 heavy (non-hydrogen) atoms. The smallest absolute Gasteiger partial charge is 0.319 e. The van der Waals surface area contributed by atoms with Crippen molar-refractivity contribution >= 4 is 56.4 Å². The minimum absolute atomic E-state index is 0.0332. The van der Waals surface area contributed by atoms with Gasteiger partial charge in [-0.3, -0.25) is 19.4 Å². The van der Waals surface area contributed by atoms with Crippen molar-refractivity contribution in [2.75, 3.05) is 91.7 Å². The number of ether oxygens (including phenoxy) is 1. The Hall–Kier alpha value is -7.56. The lowest BCUT2D eigenvalue weighted by atomic mass is 9.93. The van der Waals surface area contributed by atoms with E-state index in [2.05, 4.69) is 40.2 Å². The Morgan fingerprint density at radius 2 is 1.57 bits per heavy atom. The van der Waals surface area contributed by atoms with Crippen molar-refractivity contribution in [2.24, 2.45) is 5.92 Å². The number of likely N-dealkylation sites (tertiary alicyclic amines) is 1. The molecular formula is C54H63FN12O8S. The Morgan fingerprint density at radius 3 is 2.26 bits per heavy atom. The van der Waals surface area contributed by atoms with E-state index in [9.17, 15) is 33.3 Å². The Morgan fingerprint density at radius 1 is 0.842 bits per heavy atom. The number of hydrogen-bond acceptors (Lipinski definition) is 16. The Labute approximate surface area is 441 Å². The summed E-state index contributed by atoms with van der Waals surface area (Å²) in [4.78, 5) is 46.8. The average molecular weight is 1060 g/mol. The zero-order valence-electron chi connectivity index (χ0n) is 43.2. The van der Waals surface area contributed by atoms with Gasteiger partial charge in [-0.15, -0.1) is 5.10 Å². The molecule has 22 heteroatoms. The number of piperidine rings is 2. The van der Waals surface area contributed by atoms with Gasteiger partial charge in [0.15, 0.2) is 11.6 Å². The summed E-state index contributed by atoms with van der Waals surface area (Å²) in [5, 5.41) is 42.8. The highest BCUT2D eigenvalue weighted by molar-refractivity contribution is 7.92. The fraction of sp³-hybridized carbons (Fsp3) is 0.407. The molecule has 3 saturated heterocycles. The first kappa shape index (κ1) is 51.9. The van der Waals surface area contributed by atoms with Gasteiger partial charge in [-0.25, -0.2) is 26.7 Å². The van der Waals surface area contributed by atoms with Gasteiger partial charge in [0.2, 0.25) is 21.9 Å². The van der Waals surface area contributed by atoms with Crippen molar-refractivity contribution in [1.82, 2.24) is 39.4 Å². The number of sulfonamides is 1. The highest BCUT2D eigenvalue weighted by Crippen LogP contribution is 2.43. The van der Waals surface area contributed by atoms with Gasteiger partial charge < -0.3 is 40.1 Å². The van der Waals surface area contributed by atoms with Crippen LogP contribution in [0.4, 0.5) is 38.9 Å². The van der Waals surface area contributed by atoms with Gasteiger partial charge in [0.25, 0.3) is 5.91 Å². The minimum Gasteiger partial charge on any atom is -0.508 e. The average Bonchev–Trinajstić information content (AvgIpc) is 3.78. The number of carbonyl (C=O) groups is 2. The van der Waals surface area contributed by atoms with Crippen molar-refractivity contribution in [1.29, 1.82) is 0 Å². The van der Waals surface area contributed by atoms with Crippen LogP contribution in [0.25, 0.3) is 17.1 Å². The van der Waals surface area contributed by atoms with Crippen molar-refractivity contribution < 1.29 is 42.5 Å². The molecule has 0 aliphatic carbocycles. The summed E-state index contributed by atoms with van der Waals surface area (Å²) < 4.78 is 50.7. The number of hydrogen-bond donors (Lipinski definition) is 4. The van der Waals surface area contributed by atoms with Crippen LogP contribution in [-0.2, 0) is 21.4 Å². The first-order valence-corrected chi connectivity index (χ1v) is 27.6. The quantitative estimate of drug-likeness (QED) is 0.0917. The molecular weight excluding hydrogens is 996 g/mol. The second kappa shape index (κ2) is 21.2. The van der Waals surface area contributed by atoms with E-state index in [-0.39, 0.29) is 80.9 Å². The number of amides is 2. The zero-order valence-corrected chi connectivity index (χ0v) is 44.0. The maximum Gasteiger partial charge on any atom is 0.319 e. The molecule has 6 heterocycles. The fourth-order valence-corrected chi connectivity index (χ4v) is 11.9. The van der Waals surface area contributed by atoms with Gasteiger partial charge in [-0.05, 0) is 86.6 Å². The highest BCUT2D eigenvalue weighted by Gasteiger charge is 2.37. The molecule has 4 aliphatic rings. The van der Waals surface area contributed by atoms with Crippen LogP contribution in [0.5, 0.6) is 23.3 Å². The normalized spacial score (nSPS) is 17.2. The molecule has 4 aliphatic heterocycles. The standard InChI is InChI=1S/C54H63FN12O8S/c1-6-75-48-28-37(13-14-43(48)57-53-56-31-45-50(58-53)67(76(5,73)74)44-10-8-7-9-39(44)52(71)61(45)4)63-19-15-34(16-20-63)51(70)65-21-17-36(18-22-65)64-25-23-62(24-26-64)32-35-11-12-38(27-42(35)55)66-49(59-60-54(66)72)41-29-40(33(2)3)46(68)30-47(41)69/h7-14,27-31,33-34,36,68-69H,6,15-26,32H2,1-5H3,(H,60,72)(H,56,57,58). The van der Waals surface area contributed by atoms with Crippen molar-refractivity contribution in [3.8, 4) is 40.3 Å². The molecule has 4 aromatic carbocycles. The fourth-order valence-electron chi connectivity index (χ4n) is 10.9. The number of anilines is 6. The largest absolute Gasteiger partial charge is 0.508 e. The number of nitrogens with one attached hydrogen (secondary N) is 1. The van der Waals surface area contributed by atoms with Gasteiger partial charge in [0, 0.05) is 101 Å². The second-order valence-electron chi connectivity index (χ2n) is 20.2. The summed E-state index contributed by atoms with van der Waals surface area (Å²) in [6.07, 6.45) is 5.74. The SMILES string of the molecule is CCOc1cc(N2CCC(C(=O)N3CCC(N4CCN(Cc5ccc(-n6c(O)nnc6-c6cc(C(C)C)c(O)cc6O)cc5F)CC4)CC3)CC2)ccc1Nc1ncc2c(n1)N(S(C)(=O)=O)c1ccccc1C(=O)N2C. The number of halogens is 1. The second-order valence-corrected chi connectivity index (χ2v) is 22.0. The van der Waals surface area contributed by atoms with Gasteiger partial charge in [-0.1, -0.05) is 37.1 Å². The van der Waals surface area contributed by atoms with Gasteiger partial charge >= 0.3 is 6.01 Å². The summed E-state index contributed by atoms with van der Waals surface area (Å²) in [5.74, 6) is -0.240. The van der Waals surface area contributed by atoms with Gasteiger partial charge in [0.1, 0.15) is 28.8 Å². The van der Waals surface area contributed by atoms with Crippen LogP contribution in [0.3, 0.4) is 0 Å². The van der Waals surface area contributed by atoms with Gasteiger partial charge in [-0.2, -0.15) is 4.98 Å². The number of phenolic OH excluding ortho intramolecular Hbond substituents is 2. The van der Waals surface area contributed by atoms with Crippen LogP contribution in [0.2, 0.25) is 0 Å². The summed E-state index contributed by atoms with van der Waals surface area (Å²) in [7, 11) is -2.38. The highest BCUT2D eigenvalue weighted by atomic mass is 32.2. The van der Waals surface area contributed by atoms with Crippen molar-refractivity contribution in [3.05, 3.63) is 102 Å². The van der Waals surface area contributed by atoms with E-state index < -0.39 is 21.9 Å². The lowest BCUT2D eigenvalue weighted by Crippen LogP contribution is -2.54. The maximum atomic E-state index is 15.8. The molecule has 6 aromatic rings. The maximum absolute atomic E-state index is 15.8. The van der Waals surface area contributed by atoms with E-state index in [1.54, 1.807) is 49.5 Å². The predicted octanol–water partition coefficient (Wildman–Crippen LogP) is 6.96. The monoisotopic (exact) mass is 1060 g/mol. The molecule has 400 valence electrons. The Bertz CT molecular complexity index is 3280. The molecule has 2 aromatic heterocycles. The predicted molar refractivity (Wildman–Crippen MR) is 286 cm³/mol. The van der Waals surface area contributed by atoms with Crippen LogP contribution in [0.1, 0.15) is 73.9 Å². The molecule has 0 bridgehead atoms. The Kier molecular flexibility index (Phi) is 14.5. The summed E-state index contributed by atoms with van der Waals surface area (Å²) in [6.45, 7) is 12.5. The number of fused-ring (bicyclic) bond motifs is 2. The molecule has 4 N–H and O–H groups in total. The molecule has 0 atom stereocenters. The van der Waals surface area contributed by atoms with Crippen molar-refractivity contribution in [2.45, 2.75) is 65.0 Å². The number of aromatic hydroxyl groups is 3. The minimum atomic E-state index is -3.94. The molecule has 2 amide bonds.